The zero-order valence-electron chi connectivity index (χ0n) is 23.0. The SMILES string of the molecule is CC(C)(C)NC(=O)C1CCC(n2c(NC(=O)c3ccccc3)nc3ccc(CN4CCCCC4)cc32)CC1. The van der Waals surface area contributed by atoms with Crippen molar-refractivity contribution in [2.24, 2.45) is 5.92 Å². The van der Waals surface area contributed by atoms with E-state index in [9.17, 15) is 9.59 Å². The summed E-state index contributed by atoms with van der Waals surface area (Å²) < 4.78 is 2.23. The van der Waals surface area contributed by atoms with E-state index < -0.39 is 0 Å². The third-order valence-electron chi connectivity index (χ3n) is 7.80. The summed E-state index contributed by atoms with van der Waals surface area (Å²) in [6.07, 6.45) is 7.25. The van der Waals surface area contributed by atoms with E-state index in [1.54, 1.807) is 0 Å². The van der Waals surface area contributed by atoms with Crippen LogP contribution < -0.4 is 10.6 Å². The second-order valence-corrected chi connectivity index (χ2v) is 12.0. The van der Waals surface area contributed by atoms with E-state index >= 15 is 0 Å². The van der Waals surface area contributed by atoms with E-state index in [-0.39, 0.29) is 29.3 Å². The summed E-state index contributed by atoms with van der Waals surface area (Å²) in [6, 6.07) is 16.0. The Morgan fingerprint density at radius 2 is 1.66 bits per heavy atom. The molecular formula is C31H41N5O2. The number of likely N-dealkylation sites (tertiary alicyclic amines) is 1. The molecular weight excluding hydrogens is 474 g/mol. The first-order valence-electron chi connectivity index (χ1n) is 14.2. The normalized spacial score (nSPS) is 20.8. The van der Waals surface area contributed by atoms with Crippen molar-refractivity contribution in [3.63, 3.8) is 0 Å². The van der Waals surface area contributed by atoms with E-state index in [2.05, 4.69) is 38.3 Å². The van der Waals surface area contributed by atoms with Gasteiger partial charge in [0.15, 0.2) is 0 Å². The van der Waals surface area contributed by atoms with Crippen LogP contribution in [-0.4, -0.2) is 44.9 Å². The van der Waals surface area contributed by atoms with Crippen molar-refractivity contribution in [2.75, 3.05) is 18.4 Å². The Balaban J connectivity index is 1.42. The van der Waals surface area contributed by atoms with Crippen LogP contribution in [0.3, 0.4) is 0 Å². The van der Waals surface area contributed by atoms with Crippen LogP contribution >= 0.6 is 0 Å². The molecule has 1 aliphatic carbocycles. The molecule has 7 heteroatoms. The van der Waals surface area contributed by atoms with Gasteiger partial charge in [-0.15, -0.1) is 0 Å². The molecule has 1 aliphatic heterocycles. The number of hydrogen-bond acceptors (Lipinski definition) is 4. The van der Waals surface area contributed by atoms with E-state index in [1.165, 1.54) is 24.8 Å². The number of aromatic nitrogens is 2. The minimum Gasteiger partial charge on any atom is -0.351 e. The number of carbonyl (C=O) groups excluding carboxylic acids is 2. The number of carbonyl (C=O) groups is 2. The Morgan fingerprint density at radius 1 is 0.947 bits per heavy atom. The Hall–Kier alpha value is -3.19. The van der Waals surface area contributed by atoms with Gasteiger partial charge in [-0.1, -0.05) is 30.7 Å². The van der Waals surface area contributed by atoms with Crippen LogP contribution in [0.2, 0.25) is 0 Å². The Morgan fingerprint density at radius 3 is 2.34 bits per heavy atom. The maximum atomic E-state index is 13.1. The molecule has 0 atom stereocenters. The van der Waals surface area contributed by atoms with E-state index in [0.717, 1.165) is 56.4 Å². The maximum Gasteiger partial charge on any atom is 0.257 e. The Bertz CT molecular complexity index is 1260. The maximum absolute atomic E-state index is 13.1. The lowest BCUT2D eigenvalue weighted by atomic mass is 9.84. The van der Waals surface area contributed by atoms with Gasteiger partial charge in [0.1, 0.15) is 0 Å². The summed E-state index contributed by atoms with van der Waals surface area (Å²) in [6.45, 7) is 9.31. The molecule has 38 heavy (non-hydrogen) atoms. The van der Waals surface area contributed by atoms with Crippen molar-refractivity contribution in [1.29, 1.82) is 0 Å². The molecule has 3 aromatic rings. The van der Waals surface area contributed by atoms with Crippen LogP contribution in [0, 0.1) is 5.92 Å². The summed E-state index contributed by atoms with van der Waals surface area (Å²) in [5.74, 6) is 0.602. The van der Waals surface area contributed by atoms with Gasteiger partial charge in [0.25, 0.3) is 5.91 Å². The van der Waals surface area contributed by atoms with E-state index in [1.807, 2.05) is 51.1 Å². The average molecular weight is 516 g/mol. The number of piperidine rings is 1. The monoisotopic (exact) mass is 515 g/mol. The van der Waals surface area contributed by atoms with Crippen LogP contribution in [0.15, 0.2) is 48.5 Å². The predicted molar refractivity (Wildman–Crippen MR) is 152 cm³/mol. The quantitative estimate of drug-likeness (QED) is 0.427. The molecule has 1 saturated carbocycles. The molecule has 2 amide bonds. The lowest BCUT2D eigenvalue weighted by Gasteiger charge is -2.32. The zero-order valence-corrected chi connectivity index (χ0v) is 23.0. The largest absolute Gasteiger partial charge is 0.351 e. The molecule has 0 radical (unpaired) electrons. The molecule has 0 spiro atoms. The van der Waals surface area contributed by atoms with Crippen LogP contribution in [0.1, 0.15) is 87.7 Å². The number of benzene rings is 2. The highest BCUT2D eigenvalue weighted by molar-refractivity contribution is 6.04. The fourth-order valence-corrected chi connectivity index (χ4v) is 5.90. The number of rotatable bonds is 6. The summed E-state index contributed by atoms with van der Waals surface area (Å²) in [5, 5.41) is 6.25. The van der Waals surface area contributed by atoms with E-state index in [4.69, 9.17) is 4.98 Å². The second-order valence-electron chi connectivity index (χ2n) is 12.0. The van der Waals surface area contributed by atoms with Gasteiger partial charge in [-0.25, -0.2) is 4.98 Å². The van der Waals surface area contributed by atoms with Crippen LogP contribution in [-0.2, 0) is 11.3 Å². The van der Waals surface area contributed by atoms with Gasteiger partial charge in [0, 0.05) is 29.6 Å². The summed E-state index contributed by atoms with van der Waals surface area (Å²) in [4.78, 5) is 33.3. The molecule has 5 rings (SSSR count). The van der Waals surface area contributed by atoms with Crippen molar-refractivity contribution in [3.8, 4) is 0 Å². The Kier molecular flexibility index (Phi) is 7.84. The number of hydrogen-bond donors (Lipinski definition) is 2. The number of amides is 2. The average Bonchev–Trinajstić information content (AvgIpc) is 3.26. The van der Waals surface area contributed by atoms with Gasteiger partial charge in [0.2, 0.25) is 11.9 Å². The molecule has 0 bridgehead atoms. The zero-order chi connectivity index (χ0) is 26.7. The first kappa shape index (κ1) is 26.4. The lowest BCUT2D eigenvalue weighted by molar-refractivity contribution is -0.127. The van der Waals surface area contributed by atoms with Crippen molar-refractivity contribution >= 4 is 28.8 Å². The number of anilines is 1. The lowest BCUT2D eigenvalue weighted by Crippen LogP contribution is -2.44. The highest BCUT2D eigenvalue weighted by Gasteiger charge is 2.31. The van der Waals surface area contributed by atoms with Crippen molar-refractivity contribution in [1.82, 2.24) is 19.8 Å². The number of imidazole rings is 1. The standard InChI is InChI=1S/C31H41N5O2/c1-31(2,3)34-29(38)24-13-15-25(16-14-24)36-27-20-22(21-35-18-8-5-9-19-35)12-17-26(27)32-30(36)33-28(37)23-10-6-4-7-11-23/h4,6-7,10-12,17,20,24-25H,5,8-9,13-16,18-19,21H2,1-3H3,(H,34,38)(H,32,33,37). The molecule has 2 fully saturated rings. The van der Waals surface area contributed by atoms with Gasteiger partial charge in [-0.3, -0.25) is 19.8 Å². The third-order valence-corrected chi connectivity index (χ3v) is 7.80. The van der Waals surface area contributed by atoms with Gasteiger partial charge in [-0.2, -0.15) is 0 Å². The molecule has 7 nitrogen and oxygen atoms in total. The van der Waals surface area contributed by atoms with Crippen LogP contribution in [0.4, 0.5) is 5.95 Å². The number of fused-ring (bicyclic) bond motifs is 1. The second kappa shape index (κ2) is 11.3. The number of nitrogens with one attached hydrogen (secondary N) is 2. The fraction of sp³-hybridized carbons (Fsp3) is 0.516. The first-order valence-corrected chi connectivity index (χ1v) is 14.2. The summed E-state index contributed by atoms with van der Waals surface area (Å²) >= 11 is 0. The smallest absolute Gasteiger partial charge is 0.257 e. The van der Waals surface area contributed by atoms with E-state index in [0.29, 0.717) is 11.5 Å². The molecule has 2 N–H and O–H groups in total. The van der Waals surface area contributed by atoms with Crippen molar-refractivity contribution < 1.29 is 9.59 Å². The molecule has 2 aliphatic rings. The van der Waals surface area contributed by atoms with Gasteiger partial charge >= 0.3 is 0 Å². The molecule has 2 heterocycles. The van der Waals surface area contributed by atoms with Crippen LogP contribution in [0.25, 0.3) is 11.0 Å². The molecule has 202 valence electrons. The number of nitrogens with zero attached hydrogens (tertiary/aromatic N) is 3. The molecule has 1 saturated heterocycles. The fourth-order valence-electron chi connectivity index (χ4n) is 5.90. The first-order chi connectivity index (χ1) is 18.3. The summed E-state index contributed by atoms with van der Waals surface area (Å²) in [7, 11) is 0. The predicted octanol–water partition coefficient (Wildman–Crippen LogP) is 5.92. The topological polar surface area (TPSA) is 79.3 Å². The highest BCUT2D eigenvalue weighted by Crippen LogP contribution is 2.37. The van der Waals surface area contributed by atoms with Crippen molar-refractivity contribution in [2.45, 2.75) is 83.8 Å². The minimum atomic E-state index is -0.228. The van der Waals surface area contributed by atoms with Gasteiger partial charge in [-0.05, 0) is 102 Å². The van der Waals surface area contributed by atoms with Crippen LogP contribution in [0.5, 0.6) is 0 Å². The van der Waals surface area contributed by atoms with Crippen molar-refractivity contribution in [3.05, 3.63) is 59.7 Å². The minimum absolute atomic E-state index is 0.0253. The molecule has 1 aromatic heterocycles. The van der Waals surface area contributed by atoms with Gasteiger partial charge in [0.05, 0.1) is 11.0 Å². The van der Waals surface area contributed by atoms with Gasteiger partial charge < -0.3 is 9.88 Å². The Labute approximate surface area is 226 Å². The highest BCUT2D eigenvalue weighted by atomic mass is 16.2. The molecule has 0 unspecified atom stereocenters. The molecule has 2 aromatic carbocycles. The third kappa shape index (κ3) is 6.26. The summed E-state index contributed by atoms with van der Waals surface area (Å²) in [5.41, 5.74) is 3.61.